The lowest BCUT2D eigenvalue weighted by Crippen LogP contribution is -2.07. The van der Waals surface area contributed by atoms with Crippen molar-refractivity contribution in [3.63, 3.8) is 0 Å². The predicted molar refractivity (Wildman–Crippen MR) is 84.1 cm³/mol. The molecule has 0 fully saturated rings. The molecule has 0 N–H and O–H groups in total. The molecule has 0 saturated carbocycles. The fraction of sp³-hybridized carbons (Fsp3) is 0.538. The Morgan fingerprint density at radius 3 is 2.42 bits per heavy atom. The van der Waals surface area contributed by atoms with Gasteiger partial charge in [-0.25, -0.2) is 0 Å². The van der Waals surface area contributed by atoms with E-state index in [1.807, 2.05) is 17.7 Å². The molecule has 108 valence electrons. The van der Waals surface area contributed by atoms with Crippen LogP contribution in [0.3, 0.4) is 0 Å². The van der Waals surface area contributed by atoms with Crippen molar-refractivity contribution in [1.82, 2.24) is 0 Å². The maximum atomic E-state index is 11.8. The first kappa shape index (κ1) is 16.9. The first-order chi connectivity index (χ1) is 9.06. The van der Waals surface area contributed by atoms with Gasteiger partial charge in [0.2, 0.25) is 0 Å². The zero-order chi connectivity index (χ0) is 14.1. The van der Waals surface area contributed by atoms with Crippen LogP contribution in [-0.2, 0) is 14.3 Å². The highest BCUT2D eigenvalue weighted by molar-refractivity contribution is 8.76. The second kappa shape index (κ2) is 8.89. The highest BCUT2D eigenvalue weighted by atomic mass is 33.1. The molecule has 0 unspecified atom stereocenters. The van der Waals surface area contributed by atoms with E-state index in [4.69, 9.17) is 4.18 Å². The first-order valence-corrected chi connectivity index (χ1v) is 10.3. The molecule has 3 nitrogen and oxygen atoms in total. The molecule has 0 aliphatic heterocycles. The van der Waals surface area contributed by atoms with Crippen molar-refractivity contribution in [2.75, 3.05) is 18.6 Å². The highest BCUT2D eigenvalue weighted by Crippen LogP contribution is 2.19. The van der Waals surface area contributed by atoms with E-state index in [0.29, 0.717) is 0 Å². The third-order valence-corrected chi connectivity index (χ3v) is 5.76. The lowest BCUT2D eigenvalue weighted by atomic mass is 10.2. The summed E-state index contributed by atoms with van der Waals surface area (Å²) in [5, 5.41) is 0. The Balaban J connectivity index is 2.29. The monoisotopic (exact) mass is 320 g/mol. The average Bonchev–Trinajstić information content (AvgIpc) is 2.38. The molecule has 0 bridgehead atoms. The second-order valence-electron chi connectivity index (χ2n) is 4.14. The maximum absolute atomic E-state index is 11.8. The van der Waals surface area contributed by atoms with Gasteiger partial charge >= 0.3 is 0 Å². The third-order valence-electron chi connectivity index (χ3n) is 2.54. The van der Waals surface area contributed by atoms with Crippen LogP contribution >= 0.6 is 21.6 Å². The molecule has 1 aromatic carbocycles. The van der Waals surface area contributed by atoms with Crippen molar-refractivity contribution >= 4 is 31.7 Å². The maximum Gasteiger partial charge on any atom is 0.296 e. The molecule has 0 atom stereocenters. The van der Waals surface area contributed by atoms with E-state index >= 15 is 0 Å². The minimum Gasteiger partial charge on any atom is -0.266 e. The number of hydrogen-bond acceptors (Lipinski definition) is 5. The summed E-state index contributed by atoms with van der Waals surface area (Å²) in [5.41, 5.74) is 1.03. The van der Waals surface area contributed by atoms with Crippen molar-refractivity contribution in [3.8, 4) is 0 Å². The summed E-state index contributed by atoms with van der Waals surface area (Å²) in [4.78, 5) is 0.232. The number of unbranched alkanes of at least 4 members (excludes halogenated alkanes) is 2. The average molecular weight is 321 g/mol. The normalized spacial score (nSPS) is 11.7. The van der Waals surface area contributed by atoms with E-state index < -0.39 is 10.1 Å². The van der Waals surface area contributed by atoms with Gasteiger partial charge in [0, 0.05) is 5.75 Å². The molecule has 0 radical (unpaired) electrons. The van der Waals surface area contributed by atoms with Gasteiger partial charge < -0.3 is 0 Å². The van der Waals surface area contributed by atoms with Crippen LogP contribution in [0.2, 0.25) is 0 Å². The van der Waals surface area contributed by atoms with Gasteiger partial charge in [0.05, 0.1) is 11.5 Å². The van der Waals surface area contributed by atoms with Gasteiger partial charge in [0.25, 0.3) is 10.1 Å². The smallest absolute Gasteiger partial charge is 0.266 e. The van der Waals surface area contributed by atoms with Gasteiger partial charge in [0.15, 0.2) is 0 Å². The number of hydrogen-bond donors (Lipinski definition) is 0. The molecule has 0 spiro atoms. The Hall–Kier alpha value is -0.170. The van der Waals surface area contributed by atoms with E-state index in [2.05, 4.69) is 6.26 Å². The second-order valence-corrected chi connectivity index (χ2v) is 8.44. The van der Waals surface area contributed by atoms with Gasteiger partial charge in [0.1, 0.15) is 0 Å². The highest BCUT2D eigenvalue weighted by Gasteiger charge is 2.14. The topological polar surface area (TPSA) is 43.4 Å². The van der Waals surface area contributed by atoms with E-state index in [0.717, 1.165) is 30.6 Å². The van der Waals surface area contributed by atoms with Crippen LogP contribution in [0, 0.1) is 6.92 Å². The number of benzene rings is 1. The summed E-state index contributed by atoms with van der Waals surface area (Å²) in [6.45, 7) is 2.18. The predicted octanol–water partition coefficient (Wildman–Crippen LogP) is 3.88. The molecule has 1 aromatic rings. The minimum absolute atomic E-state index is 0.232. The molecule has 0 aromatic heterocycles. The molecule has 0 aliphatic carbocycles. The van der Waals surface area contributed by atoms with Crippen LogP contribution in [0.1, 0.15) is 24.8 Å². The van der Waals surface area contributed by atoms with Crippen molar-refractivity contribution in [1.29, 1.82) is 0 Å². The molecule has 0 heterocycles. The van der Waals surface area contributed by atoms with Crippen LogP contribution in [0.5, 0.6) is 0 Å². The Kier molecular flexibility index (Phi) is 7.90. The van der Waals surface area contributed by atoms with Crippen molar-refractivity contribution in [3.05, 3.63) is 29.8 Å². The summed E-state index contributed by atoms with van der Waals surface area (Å²) in [5.74, 6) is 1.10. The Morgan fingerprint density at radius 2 is 1.79 bits per heavy atom. The van der Waals surface area contributed by atoms with E-state index in [1.165, 1.54) is 0 Å². The SMILES string of the molecule is CSSCCCCCOS(=O)(=O)c1ccc(C)cc1. The summed E-state index contributed by atoms with van der Waals surface area (Å²) in [6, 6.07) is 6.71. The molecular weight excluding hydrogens is 300 g/mol. The third kappa shape index (κ3) is 6.70. The molecular formula is C13H20O3S3. The van der Waals surface area contributed by atoms with Crippen molar-refractivity contribution in [2.24, 2.45) is 0 Å². The molecule has 1 rings (SSSR count). The van der Waals surface area contributed by atoms with Gasteiger partial charge in [-0.15, -0.1) is 0 Å². The summed E-state index contributed by atoms with van der Waals surface area (Å²) in [7, 11) is 0.00132. The zero-order valence-electron chi connectivity index (χ0n) is 11.3. The lowest BCUT2D eigenvalue weighted by molar-refractivity contribution is 0.308. The number of rotatable bonds is 9. The van der Waals surface area contributed by atoms with Gasteiger partial charge in [-0.2, -0.15) is 8.42 Å². The number of aryl methyl sites for hydroxylation is 1. The van der Waals surface area contributed by atoms with Crippen LogP contribution in [-0.4, -0.2) is 27.0 Å². The molecule has 0 aliphatic rings. The summed E-state index contributed by atoms with van der Waals surface area (Å²) >= 11 is 0. The molecule has 6 heteroatoms. The first-order valence-electron chi connectivity index (χ1n) is 6.18. The fourth-order valence-corrected chi connectivity index (χ4v) is 3.75. The van der Waals surface area contributed by atoms with Gasteiger partial charge in [-0.1, -0.05) is 45.7 Å². The van der Waals surface area contributed by atoms with Crippen LogP contribution in [0.4, 0.5) is 0 Å². The standard InChI is InChI=1S/C13H20O3S3/c1-12-6-8-13(9-7-12)19(14,15)16-10-4-3-5-11-18-17-2/h6-9H,3-5,10-11H2,1-2H3. The molecule has 0 amide bonds. The van der Waals surface area contributed by atoms with Crippen LogP contribution in [0.15, 0.2) is 29.2 Å². The molecule has 19 heavy (non-hydrogen) atoms. The van der Waals surface area contributed by atoms with Crippen molar-refractivity contribution < 1.29 is 12.6 Å². The largest absolute Gasteiger partial charge is 0.296 e. The quantitative estimate of drug-likeness (QED) is 0.392. The zero-order valence-corrected chi connectivity index (χ0v) is 13.7. The van der Waals surface area contributed by atoms with E-state index in [1.54, 1.807) is 35.1 Å². The van der Waals surface area contributed by atoms with Crippen LogP contribution < -0.4 is 0 Å². The Bertz CT molecular complexity index is 455. The van der Waals surface area contributed by atoms with E-state index in [9.17, 15) is 8.42 Å². The minimum atomic E-state index is -3.58. The Morgan fingerprint density at radius 1 is 1.11 bits per heavy atom. The molecule has 0 saturated heterocycles. The fourth-order valence-electron chi connectivity index (χ4n) is 1.46. The van der Waals surface area contributed by atoms with E-state index in [-0.39, 0.29) is 11.5 Å². The van der Waals surface area contributed by atoms with Gasteiger partial charge in [-0.05, 0) is 38.2 Å². The van der Waals surface area contributed by atoms with Gasteiger partial charge in [-0.3, -0.25) is 4.18 Å². The Labute approximate surface area is 124 Å². The summed E-state index contributed by atoms with van der Waals surface area (Å²) in [6.07, 6.45) is 4.93. The van der Waals surface area contributed by atoms with Crippen LogP contribution in [0.25, 0.3) is 0 Å². The summed E-state index contributed by atoms with van der Waals surface area (Å²) < 4.78 is 28.7. The lowest BCUT2D eigenvalue weighted by Gasteiger charge is -2.06. The van der Waals surface area contributed by atoms with Crippen molar-refractivity contribution in [2.45, 2.75) is 31.1 Å².